The van der Waals surface area contributed by atoms with Gasteiger partial charge < -0.3 is 15.4 Å². The highest BCUT2D eigenvalue weighted by atomic mass is 79.9. The fourth-order valence-corrected chi connectivity index (χ4v) is 2.70. The highest BCUT2D eigenvalue weighted by molar-refractivity contribution is 9.10. The molecule has 0 spiro atoms. The monoisotopic (exact) mass is 430 g/mol. The average molecular weight is 431 g/mol. The minimum atomic E-state index is -0.295. The van der Waals surface area contributed by atoms with E-state index in [1.165, 1.54) is 6.08 Å². The van der Waals surface area contributed by atoms with E-state index in [4.69, 9.17) is 4.74 Å². The number of rotatable bonds is 7. The molecule has 0 saturated carbocycles. The van der Waals surface area contributed by atoms with Gasteiger partial charge >= 0.3 is 0 Å². The summed E-state index contributed by atoms with van der Waals surface area (Å²) in [7, 11) is 1.58. The minimum Gasteiger partial charge on any atom is -0.496 e. The summed E-state index contributed by atoms with van der Waals surface area (Å²) in [6.07, 6.45) is 3.11. The van der Waals surface area contributed by atoms with E-state index < -0.39 is 0 Å². The van der Waals surface area contributed by atoms with Gasteiger partial charge in [0.15, 0.2) is 0 Å². The lowest BCUT2D eigenvalue weighted by Gasteiger charge is -2.09. The van der Waals surface area contributed by atoms with Gasteiger partial charge in [0.2, 0.25) is 5.91 Å². The molecule has 6 heteroatoms. The topological polar surface area (TPSA) is 67.4 Å². The SMILES string of the molecule is COc1ccc(Br)cc1C=CC(=O)Nc1cccc(C(=O)NCC(C)C)c1. The molecule has 0 aliphatic carbocycles. The fraction of sp³-hybridized carbons (Fsp3) is 0.238. The van der Waals surface area contributed by atoms with Crippen molar-refractivity contribution in [1.82, 2.24) is 5.32 Å². The highest BCUT2D eigenvalue weighted by Crippen LogP contribution is 2.24. The van der Waals surface area contributed by atoms with E-state index in [-0.39, 0.29) is 11.8 Å². The maximum atomic E-state index is 12.2. The van der Waals surface area contributed by atoms with E-state index in [0.717, 1.165) is 10.0 Å². The Morgan fingerprint density at radius 2 is 1.96 bits per heavy atom. The van der Waals surface area contributed by atoms with Gasteiger partial charge in [-0.05, 0) is 48.4 Å². The van der Waals surface area contributed by atoms with Gasteiger partial charge in [-0.2, -0.15) is 0 Å². The van der Waals surface area contributed by atoms with Crippen LogP contribution < -0.4 is 15.4 Å². The van der Waals surface area contributed by atoms with Crippen LogP contribution in [0, 0.1) is 5.92 Å². The van der Waals surface area contributed by atoms with E-state index in [1.54, 1.807) is 37.5 Å². The van der Waals surface area contributed by atoms with Crippen LogP contribution in [0.2, 0.25) is 0 Å². The molecule has 0 heterocycles. The molecule has 27 heavy (non-hydrogen) atoms. The quantitative estimate of drug-likeness (QED) is 0.635. The van der Waals surface area contributed by atoms with Gasteiger partial charge in [0.05, 0.1) is 7.11 Å². The Balaban J connectivity index is 2.05. The molecule has 0 atom stereocenters. The van der Waals surface area contributed by atoms with Crippen molar-refractivity contribution in [2.45, 2.75) is 13.8 Å². The Kier molecular flexibility index (Phi) is 7.61. The first-order valence-electron chi connectivity index (χ1n) is 8.60. The lowest BCUT2D eigenvalue weighted by molar-refractivity contribution is -0.111. The summed E-state index contributed by atoms with van der Waals surface area (Å²) in [5, 5.41) is 5.63. The number of halogens is 1. The van der Waals surface area contributed by atoms with E-state index in [0.29, 0.717) is 29.5 Å². The molecular formula is C21H23BrN2O3. The summed E-state index contributed by atoms with van der Waals surface area (Å²) < 4.78 is 6.18. The zero-order valence-electron chi connectivity index (χ0n) is 15.6. The molecule has 0 aliphatic heterocycles. The molecule has 2 rings (SSSR count). The van der Waals surface area contributed by atoms with E-state index >= 15 is 0 Å². The van der Waals surface area contributed by atoms with E-state index in [2.05, 4.69) is 26.6 Å². The van der Waals surface area contributed by atoms with Gasteiger partial charge in [0, 0.05) is 33.9 Å². The van der Waals surface area contributed by atoms with Gasteiger partial charge in [-0.25, -0.2) is 0 Å². The summed E-state index contributed by atoms with van der Waals surface area (Å²) >= 11 is 3.40. The molecule has 0 aromatic heterocycles. The Morgan fingerprint density at radius 1 is 1.19 bits per heavy atom. The third-order valence-corrected chi connectivity index (χ3v) is 4.16. The number of benzene rings is 2. The summed E-state index contributed by atoms with van der Waals surface area (Å²) in [6.45, 7) is 4.67. The van der Waals surface area contributed by atoms with E-state index in [1.807, 2.05) is 32.0 Å². The normalized spacial score (nSPS) is 10.9. The molecule has 2 aromatic carbocycles. The second-order valence-corrected chi connectivity index (χ2v) is 7.31. The molecule has 2 N–H and O–H groups in total. The molecule has 0 saturated heterocycles. The zero-order chi connectivity index (χ0) is 19.8. The van der Waals surface area contributed by atoms with Crippen LogP contribution in [0.15, 0.2) is 53.0 Å². The van der Waals surface area contributed by atoms with Gasteiger partial charge in [-0.15, -0.1) is 0 Å². The van der Waals surface area contributed by atoms with Crippen LogP contribution in [-0.2, 0) is 4.79 Å². The minimum absolute atomic E-state index is 0.158. The Hall–Kier alpha value is -2.60. The molecule has 0 radical (unpaired) electrons. The van der Waals surface area contributed by atoms with Crippen molar-refractivity contribution in [3.63, 3.8) is 0 Å². The predicted octanol–water partition coefficient (Wildman–Crippen LogP) is 4.50. The third kappa shape index (κ3) is 6.57. The second-order valence-electron chi connectivity index (χ2n) is 6.39. The van der Waals surface area contributed by atoms with Crippen molar-refractivity contribution in [2.24, 2.45) is 5.92 Å². The van der Waals surface area contributed by atoms with Crippen LogP contribution in [0.25, 0.3) is 6.08 Å². The van der Waals surface area contributed by atoms with Crippen molar-refractivity contribution in [3.05, 3.63) is 64.1 Å². The molecular weight excluding hydrogens is 408 g/mol. The zero-order valence-corrected chi connectivity index (χ0v) is 17.2. The smallest absolute Gasteiger partial charge is 0.251 e. The number of ether oxygens (including phenoxy) is 1. The van der Waals surface area contributed by atoms with Crippen molar-refractivity contribution in [3.8, 4) is 5.75 Å². The van der Waals surface area contributed by atoms with Crippen LogP contribution in [-0.4, -0.2) is 25.5 Å². The van der Waals surface area contributed by atoms with Crippen LogP contribution in [0.1, 0.15) is 29.8 Å². The number of hydrogen-bond donors (Lipinski definition) is 2. The number of nitrogens with one attached hydrogen (secondary N) is 2. The highest BCUT2D eigenvalue weighted by Gasteiger charge is 2.08. The standard InChI is InChI=1S/C21H23BrN2O3/c1-14(2)13-23-21(26)16-5-4-6-18(12-16)24-20(25)10-7-15-11-17(22)8-9-19(15)27-3/h4-12,14H,13H2,1-3H3,(H,23,26)(H,24,25). The van der Waals surface area contributed by atoms with Crippen LogP contribution >= 0.6 is 15.9 Å². The van der Waals surface area contributed by atoms with Crippen molar-refractivity contribution in [1.29, 1.82) is 0 Å². The molecule has 0 aliphatic rings. The molecule has 5 nitrogen and oxygen atoms in total. The summed E-state index contributed by atoms with van der Waals surface area (Å²) in [6, 6.07) is 12.4. The lowest BCUT2D eigenvalue weighted by atomic mass is 10.1. The number of carbonyl (C=O) groups is 2. The van der Waals surface area contributed by atoms with Crippen LogP contribution in [0.5, 0.6) is 5.75 Å². The molecule has 0 bridgehead atoms. The maximum Gasteiger partial charge on any atom is 0.251 e. The van der Waals surface area contributed by atoms with Gasteiger partial charge in [0.1, 0.15) is 5.75 Å². The second kappa shape index (κ2) is 9.92. The molecule has 2 amide bonds. The van der Waals surface area contributed by atoms with Crippen molar-refractivity contribution < 1.29 is 14.3 Å². The Morgan fingerprint density at radius 3 is 2.67 bits per heavy atom. The number of methoxy groups -OCH3 is 1. The van der Waals surface area contributed by atoms with Crippen LogP contribution in [0.3, 0.4) is 0 Å². The summed E-state index contributed by atoms with van der Waals surface area (Å²) in [5.41, 5.74) is 1.85. The lowest BCUT2D eigenvalue weighted by Crippen LogP contribution is -2.27. The molecule has 2 aromatic rings. The predicted molar refractivity (Wildman–Crippen MR) is 112 cm³/mol. The number of carbonyl (C=O) groups excluding carboxylic acids is 2. The summed E-state index contributed by atoms with van der Waals surface area (Å²) in [5.74, 6) is 0.592. The molecule has 0 unspecified atom stereocenters. The number of hydrogen-bond acceptors (Lipinski definition) is 3. The first-order valence-corrected chi connectivity index (χ1v) is 9.39. The molecule has 142 valence electrons. The fourth-order valence-electron chi connectivity index (χ4n) is 2.32. The van der Waals surface area contributed by atoms with Crippen molar-refractivity contribution >= 4 is 39.5 Å². The average Bonchev–Trinajstić information content (AvgIpc) is 2.64. The van der Waals surface area contributed by atoms with Gasteiger partial charge in [-0.1, -0.05) is 35.8 Å². The largest absolute Gasteiger partial charge is 0.496 e. The number of amides is 2. The van der Waals surface area contributed by atoms with Crippen molar-refractivity contribution in [2.75, 3.05) is 19.0 Å². The van der Waals surface area contributed by atoms with Gasteiger partial charge in [-0.3, -0.25) is 9.59 Å². The third-order valence-electron chi connectivity index (χ3n) is 3.67. The Labute approximate surface area is 167 Å². The van der Waals surface area contributed by atoms with E-state index in [9.17, 15) is 9.59 Å². The summed E-state index contributed by atoms with van der Waals surface area (Å²) in [4.78, 5) is 24.4. The Bertz CT molecular complexity index is 847. The maximum absolute atomic E-state index is 12.2. The first-order chi connectivity index (χ1) is 12.9. The first kappa shape index (κ1) is 20.7. The van der Waals surface area contributed by atoms with Gasteiger partial charge in [0.25, 0.3) is 5.91 Å². The van der Waals surface area contributed by atoms with Crippen LogP contribution in [0.4, 0.5) is 5.69 Å². The molecule has 0 fully saturated rings. The number of anilines is 1.